The highest BCUT2D eigenvalue weighted by molar-refractivity contribution is 5.93. The first-order valence-electron chi connectivity index (χ1n) is 8.81. The van der Waals surface area contributed by atoms with Crippen molar-refractivity contribution in [2.75, 3.05) is 6.79 Å². The Labute approximate surface area is 152 Å². The second-order valence-corrected chi connectivity index (χ2v) is 7.82. The van der Waals surface area contributed by atoms with Gasteiger partial charge in [0.1, 0.15) is 5.76 Å². The van der Waals surface area contributed by atoms with Crippen molar-refractivity contribution < 1.29 is 23.8 Å². The average molecular weight is 357 g/mol. The average Bonchev–Trinajstić information content (AvgIpc) is 3.15. The molecule has 0 saturated carbocycles. The second-order valence-electron chi connectivity index (χ2n) is 7.82. The lowest BCUT2D eigenvalue weighted by molar-refractivity contribution is 0.0883. The number of aliphatic hydroxyl groups is 1. The van der Waals surface area contributed by atoms with E-state index in [1.165, 1.54) is 0 Å². The van der Waals surface area contributed by atoms with E-state index >= 15 is 0 Å². The fourth-order valence-corrected chi connectivity index (χ4v) is 3.82. The van der Waals surface area contributed by atoms with E-state index < -0.39 is 6.10 Å². The third-order valence-electron chi connectivity index (χ3n) is 5.08. The third-order valence-corrected chi connectivity index (χ3v) is 5.08. The normalized spacial score (nSPS) is 19.9. The van der Waals surface area contributed by atoms with Crippen molar-refractivity contribution in [2.24, 2.45) is 5.41 Å². The monoisotopic (exact) mass is 357 g/mol. The maximum atomic E-state index is 12.6. The molecule has 1 atom stereocenters. The number of carbonyl (C=O) groups excluding carboxylic acids is 1. The van der Waals surface area contributed by atoms with Gasteiger partial charge in [0.15, 0.2) is 17.3 Å². The van der Waals surface area contributed by atoms with Crippen LogP contribution in [-0.4, -0.2) is 17.8 Å². The van der Waals surface area contributed by atoms with E-state index in [9.17, 15) is 9.90 Å². The van der Waals surface area contributed by atoms with E-state index in [0.29, 0.717) is 24.5 Å². The number of nitrogens with one attached hydrogen (secondary N) is 1. The van der Waals surface area contributed by atoms with E-state index in [-0.39, 0.29) is 23.9 Å². The summed E-state index contributed by atoms with van der Waals surface area (Å²) < 4.78 is 16.5. The summed E-state index contributed by atoms with van der Waals surface area (Å²) >= 11 is 0. The van der Waals surface area contributed by atoms with E-state index in [1.807, 2.05) is 25.1 Å². The van der Waals surface area contributed by atoms with Crippen LogP contribution < -0.4 is 14.8 Å². The smallest absolute Gasteiger partial charge is 0.287 e. The van der Waals surface area contributed by atoms with Crippen LogP contribution in [0.5, 0.6) is 11.5 Å². The van der Waals surface area contributed by atoms with Crippen LogP contribution in [0.2, 0.25) is 0 Å². The van der Waals surface area contributed by atoms with Crippen LogP contribution in [0.3, 0.4) is 0 Å². The Kier molecular flexibility index (Phi) is 3.95. The Hall–Kier alpha value is -2.47. The Morgan fingerprint density at radius 1 is 1.31 bits per heavy atom. The molecule has 1 aromatic carbocycles. The van der Waals surface area contributed by atoms with Crippen LogP contribution in [0.15, 0.2) is 22.6 Å². The van der Waals surface area contributed by atoms with Gasteiger partial charge >= 0.3 is 0 Å². The summed E-state index contributed by atoms with van der Waals surface area (Å²) in [6.45, 7) is 6.60. The van der Waals surface area contributed by atoms with Gasteiger partial charge in [-0.15, -0.1) is 0 Å². The quantitative estimate of drug-likeness (QED) is 0.881. The second kappa shape index (κ2) is 6.06. The summed E-state index contributed by atoms with van der Waals surface area (Å²) in [7, 11) is 0. The van der Waals surface area contributed by atoms with Crippen molar-refractivity contribution >= 4 is 5.91 Å². The van der Waals surface area contributed by atoms with Gasteiger partial charge in [-0.05, 0) is 36.5 Å². The molecule has 0 radical (unpaired) electrons. The van der Waals surface area contributed by atoms with Crippen molar-refractivity contribution in [3.05, 3.63) is 46.4 Å². The first kappa shape index (κ1) is 17.0. The highest BCUT2D eigenvalue weighted by atomic mass is 16.7. The Balaban J connectivity index is 1.51. The first-order chi connectivity index (χ1) is 12.3. The van der Waals surface area contributed by atoms with Gasteiger partial charge in [-0.25, -0.2) is 0 Å². The molecule has 0 spiro atoms. The van der Waals surface area contributed by atoms with Crippen LogP contribution >= 0.6 is 0 Å². The van der Waals surface area contributed by atoms with Crippen molar-refractivity contribution in [1.29, 1.82) is 0 Å². The lowest BCUT2D eigenvalue weighted by Crippen LogP contribution is -2.25. The molecular weight excluding hydrogens is 334 g/mol. The molecule has 0 saturated heterocycles. The molecule has 1 amide bonds. The lowest BCUT2D eigenvalue weighted by atomic mass is 9.75. The number of hydrogen-bond acceptors (Lipinski definition) is 5. The highest BCUT2D eigenvalue weighted by Crippen LogP contribution is 2.44. The summed E-state index contributed by atoms with van der Waals surface area (Å²) in [6.07, 6.45) is 0.793. The molecule has 2 aromatic rings. The van der Waals surface area contributed by atoms with Crippen LogP contribution in [0.1, 0.15) is 59.4 Å². The predicted octanol–water partition coefficient (Wildman–Crippen LogP) is 3.25. The maximum absolute atomic E-state index is 12.6. The van der Waals surface area contributed by atoms with Crippen molar-refractivity contribution in [3.63, 3.8) is 0 Å². The van der Waals surface area contributed by atoms with E-state index in [1.54, 1.807) is 0 Å². The van der Waals surface area contributed by atoms with Crippen molar-refractivity contribution in [2.45, 2.75) is 46.3 Å². The fourth-order valence-electron chi connectivity index (χ4n) is 3.82. The summed E-state index contributed by atoms with van der Waals surface area (Å²) in [5.41, 5.74) is 2.37. The molecule has 2 aliphatic rings. The van der Waals surface area contributed by atoms with Gasteiger partial charge < -0.3 is 24.3 Å². The molecule has 0 unspecified atom stereocenters. The number of carbonyl (C=O) groups is 1. The van der Waals surface area contributed by atoms with Gasteiger partial charge in [-0.3, -0.25) is 4.79 Å². The fraction of sp³-hybridized carbons (Fsp3) is 0.450. The van der Waals surface area contributed by atoms with E-state index in [4.69, 9.17) is 13.9 Å². The van der Waals surface area contributed by atoms with E-state index in [0.717, 1.165) is 28.9 Å². The molecule has 2 N–H and O–H groups in total. The SMILES string of the molecule is Cc1c(C(=O)NCc2ccc3c(c2)OCO3)oc2c1[C@@H](O)CC(C)(C)C2. The first-order valence-corrected chi connectivity index (χ1v) is 8.81. The molecule has 0 fully saturated rings. The zero-order valence-corrected chi connectivity index (χ0v) is 15.2. The van der Waals surface area contributed by atoms with Gasteiger partial charge in [-0.1, -0.05) is 19.9 Å². The number of amides is 1. The Morgan fingerprint density at radius 2 is 2.08 bits per heavy atom. The number of rotatable bonds is 3. The molecule has 138 valence electrons. The largest absolute Gasteiger partial charge is 0.455 e. The summed E-state index contributed by atoms with van der Waals surface area (Å²) in [5, 5.41) is 13.3. The molecule has 1 aromatic heterocycles. The molecule has 6 nitrogen and oxygen atoms in total. The molecular formula is C20H23NO5. The van der Waals surface area contributed by atoms with Crippen molar-refractivity contribution in [1.82, 2.24) is 5.32 Å². The summed E-state index contributed by atoms with van der Waals surface area (Å²) in [4.78, 5) is 12.6. The van der Waals surface area contributed by atoms with Gasteiger partial charge in [0.2, 0.25) is 6.79 Å². The van der Waals surface area contributed by atoms with Crippen molar-refractivity contribution in [3.8, 4) is 11.5 Å². The Bertz CT molecular complexity index is 867. The highest BCUT2D eigenvalue weighted by Gasteiger charge is 2.37. The summed E-state index contributed by atoms with van der Waals surface area (Å²) in [5.74, 6) is 2.13. The molecule has 4 rings (SSSR count). The van der Waals surface area contributed by atoms with E-state index in [2.05, 4.69) is 19.2 Å². The molecule has 1 aliphatic carbocycles. The maximum Gasteiger partial charge on any atom is 0.287 e. The molecule has 1 aliphatic heterocycles. The predicted molar refractivity (Wildman–Crippen MR) is 94.2 cm³/mol. The van der Waals surface area contributed by atoms with Crippen LogP contribution in [0, 0.1) is 12.3 Å². The number of furan rings is 1. The minimum Gasteiger partial charge on any atom is -0.455 e. The Morgan fingerprint density at radius 3 is 2.88 bits per heavy atom. The number of benzene rings is 1. The molecule has 2 heterocycles. The minimum absolute atomic E-state index is 0.0447. The van der Waals surface area contributed by atoms with Gasteiger partial charge in [-0.2, -0.15) is 0 Å². The van der Waals surface area contributed by atoms with Gasteiger partial charge in [0, 0.05) is 24.1 Å². The molecule has 6 heteroatoms. The van der Waals surface area contributed by atoms with Crippen LogP contribution in [0.25, 0.3) is 0 Å². The minimum atomic E-state index is -0.590. The van der Waals surface area contributed by atoms with Crippen LogP contribution in [-0.2, 0) is 13.0 Å². The van der Waals surface area contributed by atoms with Gasteiger partial charge in [0.25, 0.3) is 5.91 Å². The van der Waals surface area contributed by atoms with Gasteiger partial charge in [0.05, 0.1) is 6.10 Å². The number of ether oxygens (including phenoxy) is 2. The zero-order valence-electron chi connectivity index (χ0n) is 15.2. The number of hydrogen-bond donors (Lipinski definition) is 2. The lowest BCUT2D eigenvalue weighted by Gasteiger charge is -2.31. The number of fused-ring (bicyclic) bond motifs is 2. The van der Waals surface area contributed by atoms with Crippen LogP contribution in [0.4, 0.5) is 0 Å². The topological polar surface area (TPSA) is 80.9 Å². The molecule has 0 bridgehead atoms. The number of aliphatic hydroxyl groups excluding tert-OH is 1. The summed E-state index contributed by atoms with van der Waals surface area (Å²) in [6, 6.07) is 5.58. The third kappa shape index (κ3) is 2.94. The zero-order chi connectivity index (χ0) is 18.5. The molecule has 26 heavy (non-hydrogen) atoms. The standard InChI is InChI=1S/C20H23NO5/c1-11-17-13(22)7-20(2,3)8-16(17)26-18(11)19(23)21-9-12-4-5-14-15(6-12)25-10-24-14/h4-6,13,22H,7-10H2,1-3H3,(H,21,23)/t13-/m0/s1.